The van der Waals surface area contributed by atoms with Gasteiger partial charge in [0.15, 0.2) is 0 Å². The van der Waals surface area contributed by atoms with Crippen molar-refractivity contribution in [1.82, 2.24) is 4.90 Å². The average Bonchev–Trinajstić information content (AvgIpc) is 2.98. The van der Waals surface area contributed by atoms with Crippen LogP contribution in [0.2, 0.25) is 0 Å². The van der Waals surface area contributed by atoms with Gasteiger partial charge in [-0.05, 0) is 31.0 Å². The van der Waals surface area contributed by atoms with Crippen LogP contribution in [0.15, 0.2) is 36.9 Å². The molecule has 1 aromatic rings. The van der Waals surface area contributed by atoms with Crippen LogP contribution in [0.4, 0.5) is 10.5 Å². The average molecular weight is 268 g/mol. The number of hydrogen-bond donors (Lipinski definition) is 1. The lowest BCUT2D eigenvalue weighted by Gasteiger charge is -2.28. The van der Waals surface area contributed by atoms with E-state index in [4.69, 9.17) is 6.42 Å². The fourth-order valence-electron chi connectivity index (χ4n) is 2.63. The zero-order valence-electron chi connectivity index (χ0n) is 11.6. The zero-order valence-corrected chi connectivity index (χ0v) is 11.6. The van der Waals surface area contributed by atoms with Gasteiger partial charge in [-0.3, -0.25) is 0 Å². The molecule has 3 heteroatoms. The Labute approximate surface area is 120 Å². The summed E-state index contributed by atoms with van der Waals surface area (Å²) in [5, 5.41) is 2.92. The fourth-order valence-corrected chi connectivity index (χ4v) is 2.63. The maximum Gasteiger partial charge on any atom is 0.322 e. The predicted molar refractivity (Wildman–Crippen MR) is 82.6 cm³/mol. The molecule has 1 aromatic carbocycles. The summed E-state index contributed by atoms with van der Waals surface area (Å²) in [6, 6.07) is 7.58. The number of benzene rings is 1. The molecular formula is C17H20N2O. The molecule has 2 amide bonds. The summed E-state index contributed by atoms with van der Waals surface area (Å²) in [7, 11) is 0. The Hall–Kier alpha value is -2.21. The van der Waals surface area contributed by atoms with Crippen LogP contribution in [0.1, 0.15) is 31.2 Å². The molecule has 1 aliphatic carbocycles. The highest BCUT2D eigenvalue weighted by Gasteiger charge is 2.25. The van der Waals surface area contributed by atoms with Gasteiger partial charge in [0.05, 0.1) is 0 Å². The second-order valence-corrected chi connectivity index (χ2v) is 5.03. The first-order valence-corrected chi connectivity index (χ1v) is 7.00. The van der Waals surface area contributed by atoms with Crippen molar-refractivity contribution >= 4 is 11.7 Å². The molecule has 1 saturated carbocycles. The molecule has 20 heavy (non-hydrogen) atoms. The van der Waals surface area contributed by atoms with Crippen LogP contribution in [0.5, 0.6) is 0 Å². The Morgan fingerprint density at radius 1 is 1.50 bits per heavy atom. The van der Waals surface area contributed by atoms with E-state index in [0.29, 0.717) is 12.6 Å². The molecule has 2 rings (SSSR count). The van der Waals surface area contributed by atoms with Crippen LogP contribution in [-0.2, 0) is 0 Å². The van der Waals surface area contributed by atoms with Gasteiger partial charge in [0, 0.05) is 23.8 Å². The number of carbonyl (C=O) groups is 1. The molecule has 1 N–H and O–H groups in total. The lowest BCUT2D eigenvalue weighted by molar-refractivity contribution is 0.196. The topological polar surface area (TPSA) is 32.3 Å². The van der Waals surface area contributed by atoms with Crippen molar-refractivity contribution in [2.45, 2.75) is 31.7 Å². The van der Waals surface area contributed by atoms with Crippen molar-refractivity contribution in [1.29, 1.82) is 0 Å². The molecule has 0 atom stereocenters. The molecule has 0 saturated heterocycles. The van der Waals surface area contributed by atoms with Gasteiger partial charge in [-0.2, -0.15) is 0 Å². The number of anilines is 1. The van der Waals surface area contributed by atoms with Gasteiger partial charge in [0.1, 0.15) is 0 Å². The first-order chi connectivity index (χ1) is 9.74. The molecular weight excluding hydrogens is 248 g/mol. The smallest absolute Gasteiger partial charge is 0.318 e. The summed E-state index contributed by atoms with van der Waals surface area (Å²) in [6.45, 7) is 4.32. The van der Waals surface area contributed by atoms with Crippen LogP contribution in [0.3, 0.4) is 0 Å². The molecule has 1 fully saturated rings. The summed E-state index contributed by atoms with van der Waals surface area (Å²) in [4.78, 5) is 14.3. The Morgan fingerprint density at radius 3 is 2.90 bits per heavy atom. The monoisotopic (exact) mass is 268 g/mol. The lowest BCUT2D eigenvalue weighted by Crippen LogP contribution is -2.41. The Kier molecular flexibility index (Phi) is 4.84. The van der Waals surface area contributed by atoms with Gasteiger partial charge in [0.25, 0.3) is 0 Å². The molecule has 0 bridgehead atoms. The number of hydrogen-bond acceptors (Lipinski definition) is 1. The predicted octanol–water partition coefficient (Wildman–Crippen LogP) is 3.63. The van der Waals surface area contributed by atoms with Crippen LogP contribution in [0.25, 0.3) is 0 Å². The van der Waals surface area contributed by atoms with Crippen molar-refractivity contribution in [2.75, 3.05) is 11.9 Å². The number of carbonyl (C=O) groups excluding carboxylic acids is 1. The minimum atomic E-state index is -0.0778. The van der Waals surface area contributed by atoms with Gasteiger partial charge < -0.3 is 10.2 Å². The molecule has 1 aliphatic rings. The highest BCUT2D eigenvalue weighted by Crippen LogP contribution is 2.24. The summed E-state index contributed by atoms with van der Waals surface area (Å²) < 4.78 is 0. The van der Waals surface area contributed by atoms with Gasteiger partial charge in [-0.25, -0.2) is 4.79 Å². The first kappa shape index (κ1) is 14.2. The Bertz CT molecular complexity index is 524. The van der Waals surface area contributed by atoms with Gasteiger partial charge >= 0.3 is 6.03 Å². The Morgan fingerprint density at radius 2 is 2.25 bits per heavy atom. The van der Waals surface area contributed by atoms with Crippen molar-refractivity contribution in [2.24, 2.45) is 0 Å². The molecule has 0 heterocycles. The molecule has 0 unspecified atom stereocenters. The summed E-state index contributed by atoms with van der Waals surface area (Å²) >= 11 is 0. The minimum absolute atomic E-state index is 0.0778. The van der Waals surface area contributed by atoms with Crippen molar-refractivity contribution in [3.8, 4) is 12.3 Å². The van der Waals surface area contributed by atoms with E-state index < -0.39 is 0 Å². The van der Waals surface area contributed by atoms with Crippen molar-refractivity contribution in [3.63, 3.8) is 0 Å². The maximum atomic E-state index is 12.4. The van der Waals surface area contributed by atoms with Gasteiger partial charge in [0.2, 0.25) is 0 Å². The Balaban J connectivity index is 2.07. The molecule has 0 aromatic heterocycles. The molecule has 104 valence electrons. The van der Waals surface area contributed by atoms with E-state index in [-0.39, 0.29) is 6.03 Å². The third-order valence-corrected chi connectivity index (χ3v) is 3.63. The van der Waals surface area contributed by atoms with Crippen molar-refractivity contribution in [3.05, 3.63) is 42.5 Å². The normalized spacial score (nSPS) is 14.6. The maximum absolute atomic E-state index is 12.4. The van der Waals surface area contributed by atoms with Crippen molar-refractivity contribution < 1.29 is 4.79 Å². The van der Waals surface area contributed by atoms with Crippen LogP contribution >= 0.6 is 0 Å². The third-order valence-electron chi connectivity index (χ3n) is 3.63. The number of amides is 2. The van der Waals surface area contributed by atoms with E-state index in [1.807, 2.05) is 23.1 Å². The summed E-state index contributed by atoms with van der Waals surface area (Å²) in [5.41, 5.74) is 1.50. The molecule has 0 spiro atoms. The van der Waals surface area contributed by atoms with Crippen LogP contribution in [-0.4, -0.2) is 23.5 Å². The fraction of sp³-hybridized carbons (Fsp3) is 0.353. The number of nitrogens with one attached hydrogen (secondary N) is 1. The van der Waals surface area contributed by atoms with E-state index in [0.717, 1.165) is 24.1 Å². The second kappa shape index (κ2) is 6.81. The van der Waals surface area contributed by atoms with Crippen LogP contribution < -0.4 is 5.32 Å². The quantitative estimate of drug-likeness (QED) is 0.656. The summed E-state index contributed by atoms with van der Waals surface area (Å²) in [6.07, 6.45) is 11.7. The second-order valence-electron chi connectivity index (χ2n) is 5.03. The van der Waals surface area contributed by atoms with Crippen LogP contribution in [0, 0.1) is 12.3 Å². The third kappa shape index (κ3) is 3.42. The van der Waals surface area contributed by atoms with Gasteiger partial charge in [-0.15, -0.1) is 13.0 Å². The van der Waals surface area contributed by atoms with E-state index >= 15 is 0 Å². The standard InChI is InChI=1S/C17H20N2O/c1-3-12-19(16-10-5-6-11-16)17(20)18-15-9-7-8-14(4-2)13-15/h2-3,7-9,13,16H,1,5-6,10-12H2,(H,18,20). The van der Waals surface area contributed by atoms with E-state index in [2.05, 4.69) is 17.8 Å². The molecule has 0 radical (unpaired) electrons. The minimum Gasteiger partial charge on any atom is -0.318 e. The highest BCUT2D eigenvalue weighted by atomic mass is 16.2. The zero-order chi connectivity index (χ0) is 14.4. The number of urea groups is 1. The first-order valence-electron chi connectivity index (χ1n) is 7.00. The SMILES string of the molecule is C#Cc1cccc(NC(=O)N(CC=C)C2CCCC2)c1. The number of rotatable bonds is 4. The lowest BCUT2D eigenvalue weighted by atomic mass is 10.2. The van der Waals surface area contributed by atoms with Gasteiger partial charge in [-0.1, -0.05) is 30.9 Å². The highest BCUT2D eigenvalue weighted by molar-refractivity contribution is 5.89. The van der Waals surface area contributed by atoms with E-state index in [1.165, 1.54) is 12.8 Å². The molecule has 3 nitrogen and oxygen atoms in total. The number of terminal acetylenes is 1. The van der Waals surface area contributed by atoms with E-state index in [1.54, 1.807) is 12.1 Å². The summed E-state index contributed by atoms with van der Waals surface area (Å²) in [5.74, 6) is 2.57. The largest absolute Gasteiger partial charge is 0.322 e. The molecule has 0 aliphatic heterocycles. The van der Waals surface area contributed by atoms with E-state index in [9.17, 15) is 4.79 Å². The number of nitrogens with zero attached hydrogens (tertiary/aromatic N) is 1.